The first kappa shape index (κ1) is 16.5. The van der Waals surface area contributed by atoms with E-state index in [-0.39, 0.29) is 12.1 Å². The minimum absolute atomic E-state index is 0.171. The van der Waals surface area contributed by atoms with Crippen LogP contribution in [0.2, 0.25) is 0 Å². The maximum Gasteiger partial charge on any atom is 0.317 e. The summed E-state index contributed by atoms with van der Waals surface area (Å²) in [7, 11) is 3.73. The molecule has 1 aromatic rings. The number of rotatable bonds is 7. The lowest BCUT2D eigenvalue weighted by Gasteiger charge is -2.29. The van der Waals surface area contributed by atoms with Crippen LogP contribution in [0, 0.1) is 11.6 Å². The molecule has 112 valence electrons. The second kappa shape index (κ2) is 7.31. The Balaban J connectivity index is 2.93. The molecule has 0 fully saturated rings. The van der Waals surface area contributed by atoms with Gasteiger partial charge >= 0.3 is 5.97 Å². The smallest absolute Gasteiger partial charge is 0.317 e. The van der Waals surface area contributed by atoms with Gasteiger partial charge in [0.1, 0.15) is 0 Å². The number of hydrogen-bond acceptors (Lipinski definition) is 3. The summed E-state index contributed by atoms with van der Waals surface area (Å²) in [5.74, 6) is -2.83. The molecule has 0 saturated carbocycles. The highest BCUT2D eigenvalue weighted by molar-refractivity contribution is 5.69. The maximum atomic E-state index is 13.8. The van der Waals surface area contributed by atoms with Gasteiger partial charge in [0.25, 0.3) is 0 Å². The molecule has 1 N–H and O–H groups in total. The topological polar surface area (TPSA) is 43.8 Å². The van der Waals surface area contributed by atoms with Crippen molar-refractivity contribution < 1.29 is 18.7 Å². The third-order valence-corrected chi connectivity index (χ3v) is 3.15. The predicted molar refractivity (Wildman–Crippen MR) is 72.5 cm³/mol. The molecule has 1 rings (SSSR count). The fraction of sp³-hybridized carbons (Fsp3) is 0.500. The number of likely N-dealkylation sites (N-methyl/N-ethyl adjacent to an activating group) is 1. The van der Waals surface area contributed by atoms with E-state index in [2.05, 4.69) is 0 Å². The van der Waals surface area contributed by atoms with E-state index in [0.717, 1.165) is 6.07 Å². The first-order valence-electron chi connectivity index (χ1n) is 6.37. The maximum absolute atomic E-state index is 13.8. The van der Waals surface area contributed by atoms with Crippen molar-refractivity contribution in [1.29, 1.82) is 0 Å². The van der Waals surface area contributed by atoms with E-state index in [9.17, 15) is 13.6 Å². The highest BCUT2D eigenvalue weighted by Gasteiger charge is 2.22. The average Bonchev–Trinajstić information content (AvgIpc) is 2.36. The Morgan fingerprint density at radius 1 is 1.30 bits per heavy atom. The Kier molecular flexibility index (Phi) is 6.04. The summed E-state index contributed by atoms with van der Waals surface area (Å²) in [6.07, 6.45) is 0. The number of carboxylic acids is 1. The summed E-state index contributed by atoms with van der Waals surface area (Å²) in [5, 5.41) is 8.95. The van der Waals surface area contributed by atoms with Crippen LogP contribution in [0.3, 0.4) is 0 Å². The van der Waals surface area contributed by atoms with Crippen LogP contribution in [0.5, 0.6) is 0 Å². The number of hydrogen-bond donors (Lipinski definition) is 1. The third-order valence-electron chi connectivity index (χ3n) is 3.15. The molecular formula is C14H20F2N2O2. The molecule has 0 amide bonds. The average molecular weight is 286 g/mol. The highest BCUT2D eigenvalue weighted by atomic mass is 19.2. The van der Waals surface area contributed by atoms with Gasteiger partial charge in [-0.15, -0.1) is 0 Å². The van der Waals surface area contributed by atoms with Crippen LogP contribution in [0.4, 0.5) is 8.78 Å². The van der Waals surface area contributed by atoms with Gasteiger partial charge in [0, 0.05) is 24.7 Å². The molecule has 4 nitrogen and oxygen atoms in total. The number of carbonyl (C=O) groups is 1. The summed E-state index contributed by atoms with van der Waals surface area (Å²) < 4.78 is 27.1. The van der Waals surface area contributed by atoms with Gasteiger partial charge in [0.2, 0.25) is 0 Å². The van der Waals surface area contributed by atoms with Crippen molar-refractivity contribution >= 4 is 5.97 Å². The van der Waals surface area contributed by atoms with Crippen LogP contribution in [-0.2, 0) is 4.79 Å². The molecule has 0 saturated heterocycles. The van der Waals surface area contributed by atoms with Crippen molar-refractivity contribution in [2.45, 2.75) is 13.0 Å². The van der Waals surface area contributed by atoms with E-state index in [1.54, 1.807) is 11.8 Å². The minimum atomic E-state index is -0.993. The standard InChI is InChI=1S/C14H20F2N2O2/c1-10(11-5-4-6-12(15)14(11)16)18(9-13(19)20)8-7-17(2)3/h4-6,10H,7-9H2,1-3H3,(H,19,20). The van der Waals surface area contributed by atoms with Gasteiger partial charge in [-0.3, -0.25) is 9.69 Å². The third kappa shape index (κ3) is 4.54. The fourth-order valence-electron chi connectivity index (χ4n) is 1.95. The number of nitrogens with zero attached hydrogens (tertiary/aromatic N) is 2. The Hall–Kier alpha value is -1.53. The molecule has 0 radical (unpaired) electrons. The largest absolute Gasteiger partial charge is 0.480 e. The minimum Gasteiger partial charge on any atom is -0.480 e. The van der Waals surface area contributed by atoms with E-state index in [4.69, 9.17) is 5.11 Å². The van der Waals surface area contributed by atoms with Gasteiger partial charge in [0.05, 0.1) is 6.54 Å². The van der Waals surface area contributed by atoms with Crippen molar-refractivity contribution in [2.75, 3.05) is 33.7 Å². The van der Waals surface area contributed by atoms with Crippen molar-refractivity contribution in [2.24, 2.45) is 0 Å². The zero-order valence-electron chi connectivity index (χ0n) is 11.9. The van der Waals surface area contributed by atoms with Crippen molar-refractivity contribution in [3.63, 3.8) is 0 Å². The first-order valence-corrected chi connectivity index (χ1v) is 6.37. The first-order chi connectivity index (χ1) is 9.32. The molecule has 0 aliphatic heterocycles. The molecule has 1 atom stereocenters. The van der Waals surface area contributed by atoms with Crippen LogP contribution in [0.1, 0.15) is 18.5 Å². The van der Waals surface area contributed by atoms with Crippen LogP contribution < -0.4 is 0 Å². The van der Waals surface area contributed by atoms with Gasteiger partial charge in [-0.25, -0.2) is 8.78 Å². The molecule has 0 aliphatic rings. The number of aliphatic carboxylic acids is 1. The molecule has 1 unspecified atom stereocenters. The second-order valence-corrected chi connectivity index (χ2v) is 4.99. The summed E-state index contributed by atoms with van der Waals surface area (Å²) in [5.41, 5.74) is 0.171. The quantitative estimate of drug-likeness (QED) is 0.832. The summed E-state index contributed by atoms with van der Waals surface area (Å²) in [6, 6.07) is 3.44. The normalized spacial score (nSPS) is 12.9. The van der Waals surface area contributed by atoms with E-state index in [1.807, 2.05) is 19.0 Å². The monoisotopic (exact) mass is 286 g/mol. The van der Waals surface area contributed by atoms with Crippen LogP contribution in [0.15, 0.2) is 18.2 Å². The van der Waals surface area contributed by atoms with Crippen LogP contribution >= 0.6 is 0 Å². The molecule has 0 spiro atoms. The van der Waals surface area contributed by atoms with E-state index in [1.165, 1.54) is 12.1 Å². The summed E-state index contributed by atoms with van der Waals surface area (Å²) >= 11 is 0. The predicted octanol–water partition coefficient (Wildman–Crippen LogP) is 1.97. The number of carboxylic acid groups (broad SMARTS) is 1. The molecule has 0 aliphatic carbocycles. The van der Waals surface area contributed by atoms with Gasteiger partial charge in [-0.1, -0.05) is 12.1 Å². The molecular weight excluding hydrogens is 266 g/mol. The molecule has 1 aromatic carbocycles. The summed E-state index contributed by atoms with van der Waals surface area (Å²) in [6.45, 7) is 2.55. The Labute approximate surface area is 117 Å². The summed E-state index contributed by atoms with van der Waals surface area (Å²) in [4.78, 5) is 14.4. The molecule has 6 heteroatoms. The van der Waals surface area contributed by atoms with E-state index in [0.29, 0.717) is 13.1 Å². The van der Waals surface area contributed by atoms with Crippen LogP contribution in [0.25, 0.3) is 0 Å². The molecule has 0 bridgehead atoms. The molecule has 0 heterocycles. The zero-order chi connectivity index (χ0) is 15.3. The van der Waals surface area contributed by atoms with E-state index >= 15 is 0 Å². The Bertz CT molecular complexity index is 466. The lowest BCUT2D eigenvalue weighted by molar-refractivity contribution is -0.139. The Morgan fingerprint density at radius 3 is 2.50 bits per heavy atom. The zero-order valence-corrected chi connectivity index (χ0v) is 11.9. The number of benzene rings is 1. The lowest BCUT2D eigenvalue weighted by atomic mass is 10.1. The molecule has 0 aromatic heterocycles. The molecule has 20 heavy (non-hydrogen) atoms. The second-order valence-electron chi connectivity index (χ2n) is 4.99. The Morgan fingerprint density at radius 2 is 1.95 bits per heavy atom. The van der Waals surface area contributed by atoms with Gasteiger partial charge in [-0.2, -0.15) is 0 Å². The highest BCUT2D eigenvalue weighted by Crippen LogP contribution is 2.24. The van der Waals surface area contributed by atoms with Gasteiger partial charge < -0.3 is 10.0 Å². The van der Waals surface area contributed by atoms with Crippen molar-refractivity contribution in [3.05, 3.63) is 35.4 Å². The van der Waals surface area contributed by atoms with E-state index < -0.39 is 23.6 Å². The van der Waals surface area contributed by atoms with Crippen LogP contribution in [-0.4, -0.2) is 54.6 Å². The lowest BCUT2D eigenvalue weighted by Crippen LogP contribution is -2.37. The van der Waals surface area contributed by atoms with Gasteiger partial charge in [-0.05, 0) is 27.1 Å². The number of halogens is 2. The van der Waals surface area contributed by atoms with Crippen molar-refractivity contribution in [1.82, 2.24) is 9.80 Å². The SMILES string of the molecule is CC(c1cccc(F)c1F)N(CCN(C)C)CC(=O)O. The van der Waals surface area contributed by atoms with Gasteiger partial charge in [0.15, 0.2) is 11.6 Å². The fourth-order valence-corrected chi connectivity index (χ4v) is 1.95. The van der Waals surface area contributed by atoms with Crippen molar-refractivity contribution in [3.8, 4) is 0 Å².